The van der Waals surface area contributed by atoms with Gasteiger partial charge in [0.2, 0.25) is 0 Å². The molecular formula is C14H19IN4O2. The summed E-state index contributed by atoms with van der Waals surface area (Å²) in [4.78, 5) is 4.28. The molecule has 0 atom stereocenters. The summed E-state index contributed by atoms with van der Waals surface area (Å²) in [5.41, 5.74) is 8.48. The lowest BCUT2D eigenvalue weighted by Crippen LogP contribution is -2.22. The molecule has 0 amide bonds. The van der Waals surface area contributed by atoms with Gasteiger partial charge in [-0.05, 0) is 26.0 Å². The Hall–Kier alpha value is -1.77. The van der Waals surface area contributed by atoms with E-state index in [2.05, 4.69) is 15.5 Å². The normalized spacial score (nSPS) is 10.9. The summed E-state index contributed by atoms with van der Waals surface area (Å²) in [5.74, 6) is 1.85. The molecule has 0 bridgehead atoms. The zero-order valence-electron chi connectivity index (χ0n) is 12.2. The first kappa shape index (κ1) is 17.3. The van der Waals surface area contributed by atoms with E-state index in [9.17, 15) is 0 Å². The van der Waals surface area contributed by atoms with Gasteiger partial charge in [-0.2, -0.15) is 0 Å². The molecule has 0 fully saturated rings. The highest BCUT2D eigenvalue weighted by Crippen LogP contribution is 2.17. The van der Waals surface area contributed by atoms with Crippen LogP contribution in [-0.4, -0.2) is 18.2 Å². The van der Waals surface area contributed by atoms with Gasteiger partial charge in [0.15, 0.2) is 5.96 Å². The highest BCUT2D eigenvalue weighted by Gasteiger charge is 2.08. The molecule has 0 saturated carbocycles. The van der Waals surface area contributed by atoms with E-state index in [-0.39, 0.29) is 24.0 Å². The summed E-state index contributed by atoms with van der Waals surface area (Å²) in [6.07, 6.45) is 0. The Labute approximate surface area is 140 Å². The Balaban J connectivity index is 0.00000220. The molecule has 2 rings (SSSR count). The number of hydrogen-bond donors (Lipinski definition) is 2. The van der Waals surface area contributed by atoms with Crippen molar-refractivity contribution in [3.63, 3.8) is 0 Å². The number of anilines is 1. The standard InChI is InChI=1S/C14H18N4O2.HI/c1-9-13(10(2)20-18-9)8-16-14(15)17-11-5-4-6-12(7-11)19-3;/h4-7H,8H2,1-3H3,(H3,15,16,17);1H. The van der Waals surface area contributed by atoms with Crippen LogP contribution in [0.2, 0.25) is 0 Å². The number of halogens is 1. The topological polar surface area (TPSA) is 85.7 Å². The molecule has 0 radical (unpaired) electrons. The van der Waals surface area contributed by atoms with Crippen LogP contribution in [0, 0.1) is 13.8 Å². The van der Waals surface area contributed by atoms with Crippen LogP contribution in [0.15, 0.2) is 33.8 Å². The van der Waals surface area contributed by atoms with Crippen molar-refractivity contribution in [1.29, 1.82) is 0 Å². The molecule has 0 aliphatic heterocycles. The summed E-state index contributed by atoms with van der Waals surface area (Å²) >= 11 is 0. The number of rotatable bonds is 4. The molecule has 114 valence electrons. The van der Waals surface area contributed by atoms with Crippen molar-refractivity contribution in [2.75, 3.05) is 12.4 Å². The number of aryl methyl sites for hydroxylation is 2. The first-order valence-electron chi connectivity index (χ1n) is 6.23. The molecule has 0 saturated heterocycles. The largest absolute Gasteiger partial charge is 0.497 e. The van der Waals surface area contributed by atoms with Crippen LogP contribution in [0.25, 0.3) is 0 Å². The van der Waals surface area contributed by atoms with Gasteiger partial charge >= 0.3 is 0 Å². The second kappa shape index (κ2) is 7.87. The molecule has 7 heteroatoms. The minimum Gasteiger partial charge on any atom is -0.497 e. The fraction of sp³-hybridized carbons (Fsp3) is 0.286. The molecule has 1 aromatic heterocycles. The van der Waals surface area contributed by atoms with Crippen LogP contribution in [0.4, 0.5) is 5.69 Å². The molecule has 3 N–H and O–H groups in total. The first-order valence-corrected chi connectivity index (χ1v) is 6.23. The molecule has 1 aromatic carbocycles. The van der Waals surface area contributed by atoms with Crippen LogP contribution in [-0.2, 0) is 6.54 Å². The average molecular weight is 402 g/mol. The third-order valence-corrected chi connectivity index (χ3v) is 2.93. The second-order valence-electron chi connectivity index (χ2n) is 4.36. The number of aromatic nitrogens is 1. The van der Waals surface area contributed by atoms with Gasteiger partial charge in [0.05, 0.1) is 19.3 Å². The molecule has 21 heavy (non-hydrogen) atoms. The van der Waals surface area contributed by atoms with Gasteiger partial charge in [-0.15, -0.1) is 24.0 Å². The average Bonchev–Trinajstić information content (AvgIpc) is 2.76. The maximum atomic E-state index is 5.86. The predicted molar refractivity (Wildman–Crippen MR) is 93.3 cm³/mol. The number of ether oxygens (including phenoxy) is 1. The summed E-state index contributed by atoms with van der Waals surface area (Å²) in [7, 11) is 1.62. The quantitative estimate of drug-likeness (QED) is 0.467. The summed E-state index contributed by atoms with van der Waals surface area (Å²) in [5, 5.41) is 6.89. The zero-order chi connectivity index (χ0) is 14.5. The fourth-order valence-corrected chi connectivity index (χ4v) is 1.78. The van der Waals surface area contributed by atoms with Gasteiger partial charge in [-0.25, -0.2) is 4.99 Å². The van der Waals surface area contributed by atoms with Crippen molar-refractivity contribution in [3.8, 4) is 5.75 Å². The van der Waals surface area contributed by atoms with Gasteiger partial charge in [0, 0.05) is 17.3 Å². The molecule has 0 aliphatic carbocycles. The molecule has 0 unspecified atom stereocenters. The maximum Gasteiger partial charge on any atom is 0.193 e. The molecule has 1 heterocycles. The van der Waals surface area contributed by atoms with Gasteiger partial charge in [-0.1, -0.05) is 11.2 Å². The van der Waals surface area contributed by atoms with Crippen LogP contribution in [0.1, 0.15) is 17.0 Å². The third kappa shape index (κ3) is 4.62. The van der Waals surface area contributed by atoms with E-state index in [0.29, 0.717) is 12.5 Å². The van der Waals surface area contributed by atoms with Crippen molar-refractivity contribution in [2.45, 2.75) is 20.4 Å². The lowest BCUT2D eigenvalue weighted by Gasteiger charge is -2.07. The Morgan fingerprint density at radius 3 is 2.81 bits per heavy atom. The number of benzene rings is 1. The smallest absolute Gasteiger partial charge is 0.193 e. The molecule has 6 nitrogen and oxygen atoms in total. The number of nitrogens with one attached hydrogen (secondary N) is 1. The first-order chi connectivity index (χ1) is 9.60. The molecule has 2 aromatic rings. The van der Waals surface area contributed by atoms with Crippen LogP contribution in [0.5, 0.6) is 5.75 Å². The number of nitrogens with zero attached hydrogens (tertiary/aromatic N) is 2. The van der Waals surface area contributed by atoms with E-state index in [1.54, 1.807) is 7.11 Å². The zero-order valence-corrected chi connectivity index (χ0v) is 14.5. The maximum absolute atomic E-state index is 5.86. The number of aliphatic imine (C=N–C) groups is 1. The number of guanidine groups is 1. The number of nitrogens with two attached hydrogens (primary N) is 1. The highest BCUT2D eigenvalue weighted by molar-refractivity contribution is 14.0. The monoisotopic (exact) mass is 402 g/mol. The Kier molecular flexibility index (Phi) is 6.47. The number of methoxy groups -OCH3 is 1. The third-order valence-electron chi connectivity index (χ3n) is 2.93. The summed E-state index contributed by atoms with van der Waals surface area (Å²) in [6, 6.07) is 7.48. The fourth-order valence-electron chi connectivity index (χ4n) is 1.78. The summed E-state index contributed by atoms with van der Waals surface area (Å²) < 4.78 is 10.2. The van der Waals surface area contributed by atoms with E-state index in [1.165, 1.54) is 0 Å². The predicted octanol–water partition coefficient (Wildman–Crippen LogP) is 2.84. The molecule has 0 spiro atoms. The van der Waals surface area contributed by atoms with E-state index in [1.807, 2.05) is 38.1 Å². The van der Waals surface area contributed by atoms with Crippen LogP contribution >= 0.6 is 24.0 Å². The molecular weight excluding hydrogens is 383 g/mol. The van der Waals surface area contributed by atoms with Gasteiger partial charge in [0.1, 0.15) is 11.5 Å². The Bertz CT molecular complexity index is 606. The Morgan fingerprint density at radius 2 is 2.19 bits per heavy atom. The van der Waals surface area contributed by atoms with Gasteiger partial charge < -0.3 is 20.3 Å². The minimum atomic E-state index is 0. The van der Waals surface area contributed by atoms with Crippen molar-refractivity contribution >= 4 is 35.6 Å². The summed E-state index contributed by atoms with van der Waals surface area (Å²) in [6.45, 7) is 4.17. The Morgan fingerprint density at radius 1 is 1.43 bits per heavy atom. The van der Waals surface area contributed by atoms with E-state index in [0.717, 1.165) is 28.5 Å². The molecule has 0 aliphatic rings. The van der Waals surface area contributed by atoms with Gasteiger partial charge in [-0.3, -0.25) is 0 Å². The second-order valence-corrected chi connectivity index (χ2v) is 4.36. The highest BCUT2D eigenvalue weighted by atomic mass is 127. The van der Waals surface area contributed by atoms with E-state index in [4.69, 9.17) is 15.0 Å². The lowest BCUT2D eigenvalue weighted by molar-refractivity contribution is 0.392. The van der Waals surface area contributed by atoms with Gasteiger partial charge in [0.25, 0.3) is 0 Å². The lowest BCUT2D eigenvalue weighted by atomic mass is 10.2. The van der Waals surface area contributed by atoms with E-state index < -0.39 is 0 Å². The SMILES string of the molecule is COc1cccc(NC(N)=NCc2c(C)noc2C)c1.I. The van der Waals surface area contributed by atoms with Crippen molar-refractivity contribution < 1.29 is 9.26 Å². The van der Waals surface area contributed by atoms with Crippen molar-refractivity contribution in [2.24, 2.45) is 10.7 Å². The van der Waals surface area contributed by atoms with Crippen LogP contribution in [0.3, 0.4) is 0 Å². The van der Waals surface area contributed by atoms with E-state index >= 15 is 0 Å². The minimum absolute atomic E-state index is 0. The van der Waals surface area contributed by atoms with Crippen molar-refractivity contribution in [1.82, 2.24) is 5.16 Å². The van der Waals surface area contributed by atoms with Crippen molar-refractivity contribution in [3.05, 3.63) is 41.3 Å². The number of hydrogen-bond acceptors (Lipinski definition) is 4. The van der Waals surface area contributed by atoms with Crippen LogP contribution < -0.4 is 15.8 Å².